The summed E-state index contributed by atoms with van der Waals surface area (Å²) in [7, 11) is 0. The molecule has 0 radical (unpaired) electrons. The zero-order valence-electron chi connectivity index (χ0n) is 18.4. The second-order valence-corrected chi connectivity index (χ2v) is 9.28. The maximum Gasteiger partial charge on any atom is 0.316 e. The number of aromatic nitrogens is 6. The number of carbonyl (C=O) groups is 1. The molecule has 0 spiro atoms. The molecule has 10 heteroatoms. The molecule has 4 aromatic rings. The van der Waals surface area contributed by atoms with Crippen molar-refractivity contribution in [2.45, 2.75) is 32.1 Å². The molecular weight excluding hydrogens is 452 g/mol. The van der Waals surface area contributed by atoms with Crippen LogP contribution in [0.5, 0.6) is 6.01 Å². The lowest BCUT2D eigenvalue weighted by atomic mass is 9.81. The molecule has 34 heavy (non-hydrogen) atoms. The number of H-pyrrole nitrogens is 1. The van der Waals surface area contributed by atoms with Gasteiger partial charge in [-0.05, 0) is 61.1 Å². The number of aliphatic carboxylic acids is 1. The van der Waals surface area contributed by atoms with E-state index in [1.807, 2.05) is 29.0 Å². The van der Waals surface area contributed by atoms with Crippen LogP contribution < -0.4 is 4.74 Å². The van der Waals surface area contributed by atoms with Gasteiger partial charge in [0.15, 0.2) is 11.6 Å². The third-order valence-electron chi connectivity index (χ3n) is 6.10. The van der Waals surface area contributed by atoms with Crippen molar-refractivity contribution in [3.63, 3.8) is 0 Å². The van der Waals surface area contributed by atoms with Crippen molar-refractivity contribution in [3.05, 3.63) is 47.5 Å². The average Bonchev–Trinajstić information content (AvgIpc) is 3.56. The molecule has 1 saturated carbocycles. The molecule has 0 saturated heterocycles. The zero-order valence-corrected chi connectivity index (χ0v) is 19.2. The molecule has 1 aliphatic rings. The minimum atomic E-state index is -0.710. The van der Waals surface area contributed by atoms with Gasteiger partial charge in [-0.1, -0.05) is 0 Å². The topological polar surface area (TPSA) is 127 Å². The highest BCUT2D eigenvalue weighted by molar-refractivity contribution is 7.08. The molecule has 4 aromatic heterocycles. The number of nitrogens with zero attached hydrogens (tertiary/aromatic N) is 5. The highest BCUT2D eigenvalue weighted by Gasteiger charge is 2.23. The van der Waals surface area contributed by atoms with Gasteiger partial charge in [0.2, 0.25) is 0 Å². The lowest BCUT2D eigenvalue weighted by Crippen LogP contribution is -2.22. The van der Waals surface area contributed by atoms with Crippen LogP contribution in [0.1, 0.15) is 32.1 Å². The number of aromatic amines is 1. The van der Waals surface area contributed by atoms with E-state index >= 15 is 0 Å². The molecule has 5 rings (SSSR count). The number of hydrogen-bond acceptors (Lipinski definition) is 8. The Balaban J connectivity index is 1.15. The molecular formula is C24H24N6O3S. The summed E-state index contributed by atoms with van der Waals surface area (Å²) in [4.78, 5) is 28.6. The summed E-state index contributed by atoms with van der Waals surface area (Å²) >= 11 is 1.61. The van der Waals surface area contributed by atoms with E-state index in [4.69, 9.17) is 9.84 Å². The number of carboxylic acid groups (broad SMARTS) is 1. The summed E-state index contributed by atoms with van der Waals surface area (Å²) in [6.45, 7) is 0.552. The molecule has 1 fully saturated rings. The predicted octanol–water partition coefficient (Wildman–Crippen LogP) is 4.71. The van der Waals surface area contributed by atoms with Gasteiger partial charge in [0.1, 0.15) is 0 Å². The molecule has 0 atom stereocenters. The van der Waals surface area contributed by atoms with E-state index in [2.05, 4.69) is 30.1 Å². The Kier molecular flexibility index (Phi) is 6.57. The Morgan fingerprint density at radius 1 is 1.00 bits per heavy atom. The van der Waals surface area contributed by atoms with Crippen molar-refractivity contribution >= 4 is 17.3 Å². The summed E-state index contributed by atoms with van der Waals surface area (Å²) in [5, 5.41) is 20.2. The van der Waals surface area contributed by atoms with Gasteiger partial charge >= 0.3 is 12.0 Å². The monoisotopic (exact) mass is 476 g/mol. The van der Waals surface area contributed by atoms with Crippen LogP contribution in [-0.2, 0) is 4.79 Å². The Bertz CT molecular complexity index is 1220. The van der Waals surface area contributed by atoms with Gasteiger partial charge in [0, 0.05) is 47.1 Å². The average molecular weight is 477 g/mol. The van der Waals surface area contributed by atoms with Gasteiger partial charge in [-0.2, -0.15) is 16.4 Å². The number of thiophene rings is 1. The first-order valence-electron chi connectivity index (χ1n) is 11.2. The molecule has 0 aliphatic heterocycles. The first-order chi connectivity index (χ1) is 16.6. The van der Waals surface area contributed by atoms with Crippen LogP contribution in [0.25, 0.3) is 34.0 Å². The van der Waals surface area contributed by atoms with Crippen molar-refractivity contribution in [1.82, 2.24) is 30.1 Å². The van der Waals surface area contributed by atoms with Crippen LogP contribution in [0.4, 0.5) is 0 Å². The normalized spacial score (nSPS) is 18.0. The first-order valence-corrected chi connectivity index (χ1v) is 12.2. The van der Waals surface area contributed by atoms with Crippen LogP contribution in [-0.4, -0.2) is 47.8 Å². The lowest BCUT2D eigenvalue weighted by Gasteiger charge is -2.27. The minimum Gasteiger partial charge on any atom is -0.481 e. The van der Waals surface area contributed by atoms with Crippen molar-refractivity contribution in [3.8, 4) is 40.0 Å². The SMILES string of the molecule is O=C(O)CC1CCC(COc2ncc(-c3ccc(-c4nc(-c5ccsc5)n[nH]4)cn3)cn2)CC1. The summed E-state index contributed by atoms with van der Waals surface area (Å²) < 4.78 is 5.79. The molecule has 174 valence electrons. The smallest absolute Gasteiger partial charge is 0.316 e. The highest BCUT2D eigenvalue weighted by atomic mass is 32.1. The van der Waals surface area contributed by atoms with E-state index in [9.17, 15) is 4.79 Å². The Labute approximate surface area is 200 Å². The summed E-state index contributed by atoms with van der Waals surface area (Å²) in [5.74, 6) is 1.32. The first kappa shape index (κ1) is 22.1. The van der Waals surface area contributed by atoms with E-state index in [1.165, 1.54) is 0 Å². The summed E-state index contributed by atoms with van der Waals surface area (Å²) in [5.41, 5.74) is 3.38. The van der Waals surface area contributed by atoms with Crippen LogP contribution in [0.3, 0.4) is 0 Å². The fourth-order valence-electron chi connectivity index (χ4n) is 4.18. The van der Waals surface area contributed by atoms with Crippen molar-refractivity contribution < 1.29 is 14.6 Å². The molecule has 0 amide bonds. The van der Waals surface area contributed by atoms with Gasteiger partial charge in [-0.25, -0.2) is 15.0 Å². The number of hydrogen-bond donors (Lipinski definition) is 2. The van der Waals surface area contributed by atoms with E-state index in [1.54, 1.807) is 29.9 Å². The van der Waals surface area contributed by atoms with E-state index in [0.717, 1.165) is 48.1 Å². The second-order valence-electron chi connectivity index (χ2n) is 8.50. The molecule has 0 unspecified atom stereocenters. The van der Waals surface area contributed by atoms with Crippen LogP contribution in [0.15, 0.2) is 47.5 Å². The van der Waals surface area contributed by atoms with Gasteiger partial charge in [-0.3, -0.25) is 14.9 Å². The zero-order chi connectivity index (χ0) is 23.3. The summed E-state index contributed by atoms with van der Waals surface area (Å²) in [6, 6.07) is 6.16. The van der Waals surface area contributed by atoms with Gasteiger partial charge < -0.3 is 9.84 Å². The van der Waals surface area contributed by atoms with Gasteiger partial charge in [0.25, 0.3) is 0 Å². The second kappa shape index (κ2) is 10.1. The van der Waals surface area contributed by atoms with E-state index in [0.29, 0.717) is 30.2 Å². The molecule has 1 aliphatic carbocycles. The molecule has 2 N–H and O–H groups in total. The van der Waals surface area contributed by atoms with Crippen LogP contribution in [0, 0.1) is 11.8 Å². The fourth-order valence-corrected chi connectivity index (χ4v) is 4.82. The van der Waals surface area contributed by atoms with Gasteiger partial charge in [0.05, 0.1) is 12.3 Å². The maximum absolute atomic E-state index is 10.9. The van der Waals surface area contributed by atoms with Crippen molar-refractivity contribution in [2.75, 3.05) is 6.61 Å². The Morgan fingerprint density at radius 2 is 1.76 bits per heavy atom. The Morgan fingerprint density at radius 3 is 2.44 bits per heavy atom. The molecule has 9 nitrogen and oxygen atoms in total. The number of carboxylic acids is 1. The van der Waals surface area contributed by atoms with Crippen LogP contribution >= 0.6 is 11.3 Å². The molecule has 0 aromatic carbocycles. The van der Waals surface area contributed by atoms with E-state index < -0.39 is 5.97 Å². The quantitative estimate of drug-likeness (QED) is 0.374. The highest BCUT2D eigenvalue weighted by Crippen LogP contribution is 2.31. The standard InChI is InChI=1S/C24H24N6O3S/c31-21(32)9-15-1-3-16(4-2-15)13-33-24-26-11-19(12-27-24)20-6-5-17(10-25-20)22-28-23(30-29-22)18-7-8-34-14-18/h5-8,10-12,14-16H,1-4,9,13H2,(H,31,32)(H,28,29,30). The van der Waals surface area contributed by atoms with Crippen molar-refractivity contribution in [1.29, 1.82) is 0 Å². The lowest BCUT2D eigenvalue weighted by molar-refractivity contribution is -0.138. The number of ether oxygens (including phenoxy) is 1. The maximum atomic E-state index is 10.9. The predicted molar refractivity (Wildman–Crippen MR) is 127 cm³/mol. The third-order valence-corrected chi connectivity index (χ3v) is 6.79. The number of nitrogens with one attached hydrogen (secondary N) is 1. The minimum absolute atomic E-state index is 0.266. The number of rotatable bonds is 8. The Hall–Kier alpha value is -3.66. The molecule has 4 heterocycles. The van der Waals surface area contributed by atoms with Gasteiger partial charge in [-0.15, -0.1) is 0 Å². The molecule has 0 bridgehead atoms. The third kappa shape index (κ3) is 5.28. The van der Waals surface area contributed by atoms with Crippen molar-refractivity contribution in [2.24, 2.45) is 11.8 Å². The number of pyridine rings is 1. The summed E-state index contributed by atoms with van der Waals surface area (Å²) in [6.07, 6.45) is 9.25. The van der Waals surface area contributed by atoms with E-state index in [-0.39, 0.29) is 12.3 Å². The van der Waals surface area contributed by atoms with Crippen LogP contribution in [0.2, 0.25) is 0 Å². The largest absolute Gasteiger partial charge is 0.481 e. The fraction of sp³-hybridized carbons (Fsp3) is 0.333.